The van der Waals surface area contributed by atoms with Gasteiger partial charge in [-0.05, 0) is 25.3 Å². The minimum absolute atomic E-state index is 0.197. The molecule has 5 heteroatoms. The van der Waals surface area contributed by atoms with Gasteiger partial charge in [-0.15, -0.1) is 0 Å². The summed E-state index contributed by atoms with van der Waals surface area (Å²) in [5.41, 5.74) is 0.977. The number of benzene rings is 1. The quantitative estimate of drug-likeness (QED) is 0.672. The zero-order valence-electron chi connectivity index (χ0n) is 10.3. The van der Waals surface area contributed by atoms with E-state index in [-0.39, 0.29) is 5.69 Å². The predicted octanol–water partition coefficient (Wildman–Crippen LogP) is 1.88. The van der Waals surface area contributed by atoms with Gasteiger partial charge in [0.15, 0.2) is 0 Å². The molecule has 1 N–H and O–H groups in total. The number of hydrogen-bond donors (Lipinski definition) is 1. The highest BCUT2D eigenvalue weighted by atomic mass is 16.1. The van der Waals surface area contributed by atoms with E-state index in [2.05, 4.69) is 9.98 Å². The molecule has 1 saturated carbocycles. The third kappa shape index (κ3) is 1.75. The van der Waals surface area contributed by atoms with Crippen LogP contribution in [0.5, 0.6) is 0 Å². The number of para-hydroxylation sites is 1. The van der Waals surface area contributed by atoms with Crippen LogP contribution in [0.25, 0.3) is 5.69 Å². The van der Waals surface area contributed by atoms with Crippen LogP contribution in [0.15, 0.2) is 46.4 Å². The molecular formula is C14H13N3O2. The van der Waals surface area contributed by atoms with Crippen molar-refractivity contribution in [2.24, 2.45) is 4.99 Å². The molecule has 1 aliphatic rings. The summed E-state index contributed by atoms with van der Waals surface area (Å²) in [6.45, 7) is 0. The molecule has 1 aromatic carbocycles. The fourth-order valence-electron chi connectivity index (χ4n) is 2.63. The Balaban J connectivity index is 2.21. The van der Waals surface area contributed by atoms with Crippen LogP contribution >= 0.6 is 0 Å². The largest absolute Gasteiger partial charge is 0.330 e. The summed E-state index contributed by atoms with van der Waals surface area (Å²) in [6, 6.07) is 7.56. The van der Waals surface area contributed by atoms with Gasteiger partial charge in [0.25, 0.3) is 0 Å². The fraction of sp³-hybridized carbons (Fsp3) is 0.286. The molecule has 0 saturated heterocycles. The van der Waals surface area contributed by atoms with Gasteiger partial charge in [-0.3, -0.25) is 4.57 Å². The van der Waals surface area contributed by atoms with E-state index in [1.165, 1.54) is 4.57 Å². The Morgan fingerprint density at radius 3 is 2.68 bits per heavy atom. The Morgan fingerprint density at radius 1 is 1.32 bits per heavy atom. The highest BCUT2D eigenvalue weighted by Gasteiger charge is 2.40. The number of aliphatic imine (C=N–C) groups is 1. The molecule has 3 rings (SSSR count). The molecule has 96 valence electrons. The molecule has 1 aromatic heterocycles. The van der Waals surface area contributed by atoms with Crippen LogP contribution in [-0.4, -0.2) is 15.6 Å². The van der Waals surface area contributed by atoms with E-state index >= 15 is 0 Å². The maximum Gasteiger partial charge on any atom is 0.330 e. The molecule has 0 bridgehead atoms. The minimum atomic E-state index is -0.505. The van der Waals surface area contributed by atoms with Crippen molar-refractivity contribution in [3.8, 4) is 5.69 Å². The van der Waals surface area contributed by atoms with E-state index in [1.807, 2.05) is 24.3 Å². The van der Waals surface area contributed by atoms with E-state index in [0.717, 1.165) is 30.5 Å². The number of nitrogens with one attached hydrogen (secondary N) is 1. The number of aromatic nitrogens is 2. The lowest BCUT2D eigenvalue weighted by Crippen LogP contribution is -2.34. The van der Waals surface area contributed by atoms with Crippen LogP contribution in [0.4, 0.5) is 0 Å². The van der Waals surface area contributed by atoms with E-state index in [9.17, 15) is 9.59 Å². The van der Waals surface area contributed by atoms with Crippen molar-refractivity contribution >= 4 is 6.08 Å². The summed E-state index contributed by atoms with van der Waals surface area (Å²) in [6.07, 6.45) is 7.61. The highest BCUT2D eigenvalue weighted by Crippen LogP contribution is 2.46. The fourth-order valence-corrected chi connectivity index (χ4v) is 2.63. The van der Waals surface area contributed by atoms with Crippen LogP contribution in [0.1, 0.15) is 24.8 Å². The molecule has 5 nitrogen and oxygen atoms in total. The second-order valence-corrected chi connectivity index (χ2v) is 4.74. The Hall–Kier alpha value is -2.39. The maximum atomic E-state index is 11.8. The maximum absolute atomic E-state index is 11.8. The van der Waals surface area contributed by atoms with Crippen molar-refractivity contribution in [2.75, 3.05) is 0 Å². The van der Waals surface area contributed by atoms with Gasteiger partial charge in [0.05, 0.1) is 5.69 Å². The lowest BCUT2D eigenvalue weighted by atomic mass is 9.72. The molecule has 1 heterocycles. The minimum Gasteiger partial charge on any atom is -0.312 e. The molecule has 2 aromatic rings. The predicted molar refractivity (Wildman–Crippen MR) is 70.0 cm³/mol. The summed E-state index contributed by atoms with van der Waals surface area (Å²) in [5.74, 6) is 0. The van der Waals surface area contributed by atoms with Gasteiger partial charge < -0.3 is 4.98 Å². The van der Waals surface area contributed by atoms with Crippen molar-refractivity contribution in [2.45, 2.75) is 24.8 Å². The molecule has 1 fully saturated rings. The van der Waals surface area contributed by atoms with Gasteiger partial charge in [0, 0.05) is 18.0 Å². The van der Waals surface area contributed by atoms with Gasteiger partial charge in [-0.2, -0.15) is 4.99 Å². The number of carbonyl (C=O) groups excluding carboxylic acids is 1. The lowest BCUT2D eigenvalue weighted by Gasteiger charge is -2.38. The van der Waals surface area contributed by atoms with Crippen LogP contribution in [0.2, 0.25) is 0 Å². The first-order valence-electron chi connectivity index (χ1n) is 6.22. The van der Waals surface area contributed by atoms with Crippen molar-refractivity contribution < 1.29 is 4.79 Å². The Labute approximate surface area is 109 Å². The number of H-pyrrole nitrogens is 1. The number of imidazole rings is 1. The van der Waals surface area contributed by atoms with Crippen molar-refractivity contribution in [1.29, 1.82) is 0 Å². The molecule has 0 radical (unpaired) electrons. The van der Waals surface area contributed by atoms with Crippen molar-refractivity contribution in [1.82, 2.24) is 9.55 Å². The summed E-state index contributed by atoms with van der Waals surface area (Å²) >= 11 is 0. The third-order valence-corrected chi connectivity index (χ3v) is 3.75. The molecule has 19 heavy (non-hydrogen) atoms. The summed E-state index contributed by atoms with van der Waals surface area (Å²) in [5, 5.41) is 0. The zero-order valence-corrected chi connectivity index (χ0v) is 10.3. The van der Waals surface area contributed by atoms with Gasteiger partial charge in [0.2, 0.25) is 6.08 Å². The van der Waals surface area contributed by atoms with Crippen LogP contribution in [0.3, 0.4) is 0 Å². The molecular weight excluding hydrogens is 242 g/mol. The smallest absolute Gasteiger partial charge is 0.312 e. The lowest BCUT2D eigenvalue weighted by molar-refractivity contribution is 0.255. The van der Waals surface area contributed by atoms with Gasteiger partial charge >= 0.3 is 5.69 Å². The highest BCUT2D eigenvalue weighted by molar-refractivity contribution is 5.49. The summed E-state index contributed by atoms with van der Waals surface area (Å²) < 4.78 is 1.54. The second-order valence-electron chi connectivity index (χ2n) is 4.74. The Bertz CT molecular complexity index is 703. The van der Waals surface area contributed by atoms with Gasteiger partial charge in [-0.1, -0.05) is 18.2 Å². The van der Waals surface area contributed by atoms with E-state index in [1.54, 1.807) is 18.5 Å². The number of isocyanates is 1. The number of hydrogen-bond acceptors (Lipinski definition) is 3. The standard InChI is InChI=1S/C14H13N3O2/c18-10-16-14(6-3-7-14)11-4-1-2-5-12(11)17-9-8-15-13(17)19/h1-2,4-5,8-9H,3,6-7H2,(H,15,19). The van der Waals surface area contributed by atoms with E-state index < -0.39 is 5.54 Å². The first-order valence-corrected chi connectivity index (χ1v) is 6.22. The molecule has 0 amide bonds. The first-order chi connectivity index (χ1) is 9.27. The van der Waals surface area contributed by atoms with E-state index in [0.29, 0.717) is 0 Å². The molecule has 1 aliphatic carbocycles. The Kier molecular flexibility index (Phi) is 2.69. The molecule has 0 spiro atoms. The summed E-state index contributed by atoms with van der Waals surface area (Å²) in [4.78, 5) is 29.1. The normalized spacial score (nSPS) is 16.4. The summed E-state index contributed by atoms with van der Waals surface area (Å²) in [7, 11) is 0. The SMILES string of the molecule is O=C=NC1(c2ccccc2-n2cc[nH]c2=O)CCC1. The molecule has 0 unspecified atom stereocenters. The first kappa shape index (κ1) is 11.7. The number of aromatic amines is 1. The second kappa shape index (κ2) is 4.37. The zero-order chi connectivity index (χ0) is 13.3. The van der Waals surface area contributed by atoms with Crippen LogP contribution in [-0.2, 0) is 10.3 Å². The third-order valence-electron chi connectivity index (χ3n) is 3.75. The molecule has 0 aliphatic heterocycles. The Morgan fingerprint density at radius 2 is 2.11 bits per heavy atom. The van der Waals surface area contributed by atoms with E-state index in [4.69, 9.17) is 0 Å². The van der Waals surface area contributed by atoms with Gasteiger partial charge in [-0.25, -0.2) is 9.59 Å². The van der Waals surface area contributed by atoms with Gasteiger partial charge in [0.1, 0.15) is 5.54 Å². The average Bonchev–Trinajstić information content (AvgIpc) is 2.80. The van der Waals surface area contributed by atoms with Crippen LogP contribution in [0, 0.1) is 0 Å². The number of rotatable bonds is 3. The monoisotopic (exact) mass is 255 g/mol. The average molecular weight is 255 g/mol. The topological polar surface area (TPSA) is 67.2 Å². The van der Waals surface area contributed by atoms with Crippen LogP contribution < -0.4 is 5.69 Å². The molecule has 0 atom stereocenters. The van der Waals surface area contributed by atoms with Crippen molar-refractivity contribution in [3.05, 3.63) is 52.7 Å². The number of nitrogens with zero attached hydrogens (tertiary/aromatic N) is 2. The van der Waals surface area contributed by atoms with Crippen molar-refractivity contribution in [3.63, 3.8) is 0 Å².